The van der Waals surface area contributed by atoms with Gasteiger partial charge in [0.15, 0.2) is 0 Å². The highest BCUT2D eigenvalue weighted by atomic mass is 16.5. The molecule has 1 aromatic rings. The molecule has 1 aromatic carbocycles. The van der Waals surface area contributed by atoms with Crippen molar-refractivity contribution in [3.05, 3.63) is 23.8 Å². The van der Waals surface area contributed by atoms with Gasteiger partial charge < -0.3 is 25.4 Å². The fourth-order valence-corrected chi connectivity index (χ4v) is 1.98. The Hall–Kier alpha value is -1.79. The molecule has 0 aromatic heterocycles. The van der Waals surface area contributed by atoms with Crippen molar-refractivity contribution in [1.29, 1.82) is 0 Å². The van der Waals surface area contributed by atoms with Gasteiger partial charge in [-0.25, -0.2) is 0 Å². The molecule has 1 amide bonds. The number of phenolic OH excluding ortho intramolecular Hbond substituents is 2. The number of carbonyl (C=O) groups excluding carboxylic acids is 1. The number of nitrogens with one attached hydrogen (secondary N) is 1. The van der Waals surface area contributed by atoms with Gasteiger partial charge in [0, 0.05) is 38.7 Å². The second kappa shape index (κ2) is 5.46. The Morgan fingerprint density at radius 3 is 2.63 bits per heavy atom. The molecule has 1 saturated heterocycles. The molecule has 1 fully saturated rings. The third-order valence-electron chi connectivity index (χ3n) is 3.23. The van der Waals surface area contributed by atoms with Crippen LogP contribution in [0.4, 0.5) is 0 Å². The Morgan fingerprint density at radius 2 is 2.00 bits per heavy atom. The summed E-state index contributed by atoms with van der Waals surface area (Å²) in [6, 6.07) is 3.74. The second-order valence-electron chi connectivity index (χ2n) is 4.72. The summed E-state index contributed by atoms with van der Waals surface area (Å²) < 4.78 is 5.15. The third-order valence-corrected chi connectivity index (χ3v) is 3.23. The molecular formula is C13H17NO5. The zero-order valence-corrected chi connectivity index (χ0v) is 10.4. The zero-order chi connectivity index (χ0) is 13.9. The van der Waals surface area contributed by atoms with E-state index in [4.69, 9.17) is 9.84 Å². The summed E-state index contributed by atoms with van der Waals surface area (Å²) in [4.78, 5) is 11.9. The standard InChI is InChI=1S/C13H17NO5/c15-9-1-2-10(11(16)7-9)12(17)14-8-13(18)3-5-19-6-4-13/h1-2,7,15-16,18H,3-6,8H2,(H,14,17). The number of hydrogen-bond acceptors (Lipinski definition) is 5. The first-order chi connectivity index (χ1) is 9.00. The molecular weight excluding hydrogens is 250 g/mol. The smallest absolute Gasteiger partial charge is 0.255 e. The molecule has 0 bridgehead atoms. The van der Waals surface area contributed by atoms with E-state index in [-0.39, 0.29) is 23.6 Å². The largest absolute Gasteiger partial charge is 0.508 e. The predicted octanol–water partition coefficient (Wildman–Crippen LogP) is 0.369. The Bertz CT molecular complexity index is 468. The first-order valence-corrected chi connectivity index (χ1v) is 6.10. The molecule has 0 aliphatic carbocycles. The number of carbonyl (C=O) groups is 1. The van der Waals surface area contributed by atoms with Crippen molar-refractivity contribution in [1.82, 2.24) is 5.32 Å². The van der Waals surface area contributed by atoms with Crippen LogP contribution in [0.5, 0.6) is 11.5 Å². The van der Waals surface area contributed by atoms with Crippen molar-refractivity contribution in [3.63, 3.8) is 0 Å². The van der Waals surface area contributed by atoms with Crippen molar-refractivity contribution in [3.8, 4) is 11.5 Å². The average molecular weight is 267 g/mol. The van der Waals surface area contributed by atoms with Crippen molar-refractivity contribution in [2.75, 3.05) is 19.8 Å². The summed E-state index contributed by atoms with van der Waals surface area (Å²) in [5, 5.41) is 31.5. The molecule has 1 aliphatic rings. The summed E-state index contributed by atoms with van der Waals surface area (Å²) >= 11 is 0. The van der Waals surface area contributed by atoms with E-state index in [1.54, 1.807) is 0 Å². The van der Waals surface area contributed by atoms with E-state index in [1.807, 2.05) is 0 Å². The van der Waals surface area contributed by atoms with Gasteiger partial charge in [-0.05, 0) is 12.1 Å². The Morgan fingerprint density at radius 1 is 1.32 bits per heavy atom. The maximum atomic E-state index is 11.9. The topological polar surface area (TPSA) is 99.0 Å². The molecule has 0 saturated carbocycles. The molecule has 6 heteroatoms. The van der Waals surface area contributed by atoms with Gasteiger partial charge >= 0.3 is 0 Å². The Labute approximate surface area is 110 Å². The Kier molecular flexibility index (Phi) is 3.92. The van der Waals surface area contributed by atoms with Crippen molar-refractivity contribution in [2.45, 2.75) is 18.4 Å². The van der Waals surface area contributed by atoms with Crippen LogP contribution in [0.15, 0.2) is 18.2 Å². The summed E-state index contributed by atoms with van der Waals surface area (Å²) in [5.41, 5.74) is -0.895. The minimum atomic E-state index is -0.958. The number of rotatable bonds is 3. The highest BCUT2D eigenvalue weighted by molar-refractivity contribution is 5.97. The van der Waals surface area contributed by atoms with Gasteiger partial charge in [-0.1, -0.05) is 0 Å². The minimum absolute atomic E-state index is 0.0634. The second-order valence-corrected chi connectivity index (χ2v) is 4.72. The van der Waals surface area contributed by atoms with E-state index in [0.29, 0.717) is 26.1 Å². The molecule has 1 aliphatic heterocycles. The lowest BCUT2D eigenvalue weighted by molar-refractivity contribution is -0.0605. The molecule has 1 heterocycles. The molecule has 104 valence electrons. The third kappa shape index (κ3) is 3.36. The maximum absolute atomic E-state index is 11.9. The molecule has 6 nitrogen and oxygen atoms in total. The molecule has 0 radical (unpaired) electrons. The number of phenols is 2. The minimum Gasteiger partial charge on any atom is -0.508 e. The number of hydrogen-bond donors (Lipinski definition) is 4. The molecule has 0 unspecified atom stereocenters. The fourth-order valence-electron chi connectivity index (χ4n) is 1.98. The molecule has 2 rings (SSSR count). The number of aromatic hydroxyl groups is 2. The van der Waals surface area contributed by atoms with Gasteiger partial charge in [-0.15, -0.1) is 0 Å². The summed E-state index contributed by atoms with van der Waals surface area (Å²) in [6.45, 7) is 1.04. The quantitative estimate of drug-likeness (QED) is 0.634. The summed E-state index contributed by atoms with van der Waals surface area (Å²) in [5.74, 6) is -0.897. The normalized spacial score (nSPS) is 17.9. The van der Waals surface area contributed by atoms with Crippen LogP contribution in [0.3, 0.4) is 0 Å². The number of aliphatic hydroxyl groups is 1. The van der Waals surface area contributed by atoms with Crippen molar-refractivity contribution < 1.29 is 24.9 Å². The van der Waals surface area contributed by atoms with E-state index < -0.39 is 11.5 Å². The van der Waals surface area contributed by atoms with Crippen molar-refractivity contribution >= 4 is 5.91 Å². The van der Waals surface area contributed by atoms with Crippen LogP contribution >= 0.6 is 0 Å². The van der Waals surface area contributed by atoms with E-state index in [9.17, 15) is 15.0 Å². The van der Waals surface area contributed by atoms with Gasteiger partial charge in [0.05, 0.1) is 11.2 Å². The number of ether oxygens (including phenoxy) is 1. The fraction of sp³-hybridized carbons (Fsp3) is 0.462. The SMILES string of the molecule is O=C(NCC1(O)CCOCC1)c1ccc(O)cc1O. The lowest BCUT2D eigenvalue weighted by atomic mass is 9.94. The molecule has 0 atom stereocenters. The predicted molar refractivity (Wildman–Crippen MR) is 67.1 cm³/mol. The zero-order valence-electron chi connectivity index (χ0n) is 10.4. The molecule has 0 spiro atoms. The van der Waals surface area contributed by atoms with Crippen LogP contribution in [-0.4, -0.2) is 46.6 Å². The van der Waals surface area contributed by atoms with Gasteiger partial charge in [0.25, 0.3) is 5.91 Å². The van der Waals surface area contributed by atoms with Crippen LogP contribution in [0.25, 0.3) is 0 Å². The first kappa shape index (κ1) is 13.6. The average Bonchev–Trinajstić information content (AvgIpc) is 2.37. The van der Waals surface area contributed by atoms with E-state index in [2.05, 4.69) is 5.32 Å². The lowest BCUT2D eigenvalue weighted by Gasteiger charge is -2.32. The van der Waals surface area contributed by atoms with E-state index >= 15 is 0 Å². The summed E-state index contributed by atoms with van der Waals surface area (Å²) in [7, 11) is 0. The maximum Gasteiger partial charge on any atom is 0.255 e. The van der Waals surface area contributed by atoms with Crippen molar-refractivity contribution in [2.24, 2.45) is 0 Å². The molecule has 4 N–H and O–H groups in total. The monoisotopic (exact) mass is 267 g/mol. The lowest BCUT2D eigenvalue weighted by Crippen LogP contribution is -2.46. The van der Waals surface area contributed by atoms with Crippen LogP contribution in [0, 0.1) is 0 Å². The van der Waals surface area contributed by atoms with Gasteiger partial charge in [-0.2, -0.15) is 0 Å². The van der Waals surface area contributed by atoms with E-state index in [1.165, 1.54) is 12.1 Å². The van der Waals surface area contributed by atoms with Crippen LogP contribution in [0.1, 0.15) is 23.2 Å². The Balaban J connectivity index is 1.97. The van der Waals surface area contributed by atoms with E-state index in [0.717, 1.165) is 6.07 Å². The van der Waals surface area contributed by atoms with Crippen LogP contribution < -0.4 is 5.32 Å². The van der Waals surface area contributed by atoms with Gasteiger partial charge in [0.1, 0.15) is 11.5 Å². The number of amides is 1. The highest BCUT2D eigenvalue weighted by Gasteiger charge is 2.30. The highest BCUT2D eigenvalue weighted by Crippen LogP contribution is 2.23. The summed E-state index contributed by atoms with van der Waals surface area (Å²) in [6.07, 6.45) is 0.934. The molecule has 19 heavy (non-hydrogen) atoms. The van der Waals surface area contributed by atoms with Crippen LogP contribution in [0.2, 0.25) is 0 Å². The van der Waals surface area contributed by atoms with Crippen LogP contribution in [-0.2, 0) is 4.74 Å². The first-order valence-electron chi connectivity index (χ1n) is 6.10. The van der Waals surface area contributed by atoms with Gasteiger partial charge in [-0.3, -0.25) is 4.79 Å². The van der Waals surface area contributed by atoms with Gasteiger partial charge in [0.2, 0.25) is 0 Å². The number of benzene rings is 1.